The molecule has 27 heavy (non-hydrogen) atoms. The van der Waals surface area contributed by atoms with Crippen LogP contribution in [-0.2, 0) is 9.53 Å². The van der Waals surface area contributed by atoms with Crippen molar-refractivity contribution in [2.45, 2.75) is 20.8 Å². The normalized spacial score (nSPS) is 10.5. The molecule has 0 aliphatic carbocycles. The molecule has 1 N–H and O–H groups in total. The van der Waals surface area contributed by atoms with Crippen LogP contribution in [0.25, 0.3) is 11.3 Å². The highest BCUT2D eigenvalue weighted by molar-refractivity contribution is 5.99. The van der Waals surface area contributed by atoms with Gasteiger partial charge in [0.2, 0.25) is 0 Å². The topological polar surface area (TPSA) is 81.4 Å². The zero-order valence-electron chi connectivity index (χ0n) is 15.4. The first-order valence-electron chi connectivity index (χ1n) is 8.52. The largest absolute Gasteiger partial charge is 0.452 e. The van der Waals surface area contributed by atoms with Crippen LogP contribution in [0, 0.1) is 20.8 Å². The Hall–Kier alpha value is -3.41. The molecule has 6 heteroatoms. The van der Waals surface area contributed by atoms with Gasteiger partial charge in [0.25, 0.3) is 5.91 Å². The first kappa shape index (κ1) is 18.4. The van der Waals surface area contributed by atoms with E-state index in [1.165, 1.54) is 0 Å². The van der Waals surface area contributed by atoms with Gasteiger partial charge in [0.1, 0.15) is 17.0 Å². The molecule has 1 heterocycles. The average molecular weight is 364 g/mol. The van der Waals surface area contributed by atoms with Crippen molar-refractivity contribution in [3.05, 3.63) is 71.0 Å². The molecule has 138 valence electrons. The van der Waals surface area contributed by atoms with Gasteiger partial charge >= 0.3 is 5.97 Å². The molecular weight excluding hydrogens is 344 g/mol. The van der Waals surface area contributed by atoms with Gasteiger partial charge in [-0.05, 0) is 38.0 Å². The van der Waals surface area contributed by atoms with Gasteiger partial charge in [-0.25, -0.2) is 4.79 Å². The Morgan fingerprint density at radius 1 is 1.04 bits per heavy atom. The lowest BCUT2D eigenvalue weighted by Gasteiger charge is -2.10. The number of benzene rings is 2. The number of amides is 1. The molecule has 0 unspecified atom stereocenters. The Kier molecular flexibility index (Phi) is 5.35. The summed E-state index contributed by atoms with van der Waals surface area (Å²) < 4.78 is 10.3. The Balaban J connectivity index is 1.69. The molecular formula is C21H20N2O4. The molecule has 0 saturated carbocycles. The van der Waals surface area contributed by atoms with Gasteiger partial charge in [0.05, 0.1) is 0 Å². The zero-order valence-corrected chi connectivity index (χ0v) is 15.4. The standard InChI is InChI=1S/C21H20N2O4/c1-13-8-7-11-17(14(13)2)22-18(24)12-26-21(25)19-15(3)27-23-20(19)16-9-5-4-6-10-16/h4-11H,12H2,1-3H3,(H,22,24). The maximum atomic E-state index is 12.5. The van der Waals surface area contributed by atoms with Crippen molar-refractivity contribution < 1.29 is 18.8 Å². The minimum atomic E-state index is -0.649. The molecule has 0 saturated heterocycles. The third kappa shape index (κ3) is 4.06. The van der Waals surface area contributed by atoms with E-state index in [0.29, 0.717) is 17.1 Å². The number of hydrogen-bond acceptors (Lipinski definition) is 5. The van der Waals surface area contributed by atoms with E-state index < -0.39 is 18.5 Å². The first-order chi connectivity index (χ1) is 13.0. The molecule has 0 atom stereocenters. The van der Waals surface area contributed by atoms with Crippen molar-refractivity contribution in [1.29, 1.82) is 0 Å². The van der Waals surface area contributed by atoms with Gasteiger partial charge in [0, 0.05) is 11.3 Å². The minimum Gasteiger partial charge on any atom is -0.452 e. The molecule has 0 aliphatic rings. The van der Waals surface area contributed by atoms with Crippen molar-refractivity contribution in [2.75, 3.05) is 11.9 Å². The monoisotopic (exact) mass is 364 g/mol. The summed E-state index contributed by atoms with van der Waals surface area (Å²) in [6, 6.07) is 14.8. The van der Waals surface area contributed by atoms with Crippen LogP contribution >= 0.6 is 0 Å². The number of anilines is 1. The van der Waals surface area contributed by atoms with Crippen LogP contribution in [0.4, 0.5) is 5.69 Å². The van der Waals surface area contributed by atoms with Crippen molar-refractivity contribution in [3.63, 3.8) is 0 Å². The number of ether oxygens (including phenoxy) is 1. The highest BCUT2D eigenvalue weighted by Crippen LogP contribution is 2.25. The van der Waals surface area contributed by atoms with Crippen LogP contribution in [0.5, 0.6) is 0 Å². The third-order valence-electron chi connectivity index (χ3n) is 4.33. The summed E-state index contributed by atoms with van der Waals surface area (Å²) in [5.41, 5.74) is 4.09. The number of nitrogens with zero attached hydrogens (tertiary/aromatic N) is 1. The minimum absolute atomic E-state index is 0.223. The second-order valence-corrected chi connectivity index (χ2v) is 6.20. The number of carbonyl (C=O) groups excluding carboxylic acids is 2. The summed E-state index contributed by atoms with van der Waals surface area (Å²) in [6.45, 7) is 5.12. The van der Waals surface area contributed by atoms with Crippen LogP contribution in [0.15, 0.2) is 53.1 Å². The summed E-state index contributed by atoms with van der Waals surface area (Å²) in [6.07, 6.45) is 0. The molecule has 0 aliphatic heterocycles. The van der Waals surface area contributed by atoms with Crippen molar-refractivity contribution in [2.24, 2.45) is 0 Å². The summed E-state index contributed by atoms with van der Waals surface area (Å²) in [5.74, 6) is -0.718. The van der Waals surface area contributed by atoms with Crippen molar-refractivity contribution >= 4 is 17.6 Å². The lowest BCUT2D eigenvalue weighted by molar-refractivity contribution is -0.119. The lowest BCUT2D eigenvalue weighted by atomic mass is 10.1. The molecule has 0 spiro atoms. The van der Waals surface area contributed by atoms with Gasteiger partial charge < -0.3 is 14.6 Å². The van der Waals surface area contributed by atoms with E-state index in [9.17, 15) is 9.59 Å². The number of carbonyl (C=O) groups is 2. The van der Waals surface area contributed by atoms with Crippen LogP contribution in [0.3, 0.4) is 0 Å². The second-order valence-electron chi connectivity index (χ2n) is 6.20. The maximum absolute atomic E-state index is 12.5. The van der Waals surface area contributed by atoms with Gasteiger partial charge in [-0.15, -0.1) is 0 Å². The SMILES string of the molecule is Cc1cccc(NC(=O)COC(=O)c2c(-c3ccccc3)noc2C)c1C. The van der Waals surface area contributed by atoms with Crippen molar-refractivity contribution in [3.8, 4) is 11.3 Å². The van der Waals surface area contributed by atoms with E-state index >= 15 is 0 Å². The molecule has 1 aromatic heterocycles. The van der Waals surface area contributed by atoms with E-state index in [1.54, 1.807) is 13.0 Å². The van der Waals surface area contributed by atoms with Crippen LogP contribution < -0.4 is 5.32 Å². The number of aryl methyl sites for hydroxylation is 2. The number of nitrogens with one attached hydrogen (secondary N) is 1. The van der Waals surface area contributed by atoms with Crippen molar-refractivity contribution in [1.82, 2.24) is 5.16 Å². The predicted octanol–water partition coefficient (Wildman–Crippen LogP) is 4.06. The van der Waals surface area contributed by atoms with Gasteiger partial charge in [-0.3, -0.25) is 4.79 Å². The fourth-order valence-corrected chi connectivity index (χ4v) is 2.68. The van der Waals surface area contributed by atoms with E-state index in [2.05, 4.69) is 10.5 Å². The fourth-order valence-electron chi connectivity index (χ4n) is 2.68. The van der Waals surface area contributed by atoms with Gasteiger partial charge in [0.15, 0.2) is 6.61 Å². The Labute approximate surface area is 157 Å². The molecule has 3 aromatic rings. The highest BCUT2D eigenvalue weighted by Gasteiger charge is 2.23. The Morgan fingerprint density at radius 2 is 1.78 bits per heavy atom. The number of aromatic nitrogens is 1. The fraction of sp³-hybridized carbons (Fsp3) is 0.190. The third-order valence-corrected chi connectivity index (χ3v) is 4.33. The maximum Gasteiger partial charge on any atom is 0.344 e. The first-order valence-corrected chi connectivity index (χ1v) is 8.52. The van der Waals surface area contributed by atoms with E-state index in [4.69, 9.17) is 9.26 Å². The van der Waals surface area contributed by atoms with E-state index in [1.807, 2.05) is 56.3 Å². The Morgan fingerprint density at radius 3 is 2.52 bits per heavy atom. The summed E-state index contributed by atoms with van der Waals surface area (Å²) >= 11 is 0. The van der Waals surface area contributed by atoms with Gasteiger partial charge in [-0.1, -0.05) is 47.6 Å². The molecule has 3 rings (SSSR count). The Bertz CT molecular complexity index is 977. The molecule has 1 amide bonds. The highest BCUT2D eigenvalue weighted by atomic mass is 16.5. The zero-order chi connectivity index (χ0) is 19.4. The number of esters is 1. The molecule has 2 aromatic carbocycles. The van der Waals surface area contributed by atoms with Crippen LogP contribution in [-0.4, -0.2) is 23.6 Å². The predicted molar refractivity (Wildman–Crippen MR) is 102 cm³/mol. The van der Waals surface area contributed by atoms with E-state index in [0.717, 1.165) is 16.7 Å². The smallest absolute Gasteiger partial charge is 0.344 e. The van der Waals surface area contributed by atoms with Gasteiger partial charge in [-0.2, -0.15) is 0 Å². The summed E-state index contributed by atoms with van der Waals surface area (Å²) in [7, 11) is 0. The number of rotatable bonds is 5. The second kappa shape index (κ2) is 7.86. The lowest BCUT2D eigenvalue weighted by Crippen LogP contribution is -2.21. The summed E-state index contributed by atoms with van der Waals surface area (Å²) in [4.78, 5) is 24.7. The quantitative estimate of drug-likeness (QED) is 0.691. The van der Waals surface area contributed by atoms with E-state index in [-0.39, 0.29) is 5.56 Å². The average Bonchev–Trinajstić information content (AvgIpc) is 3.06. The van der Waals surface area contributed by atoms with Crippen LogP contribution in [0.1, 0.15) is 27.2 Å². The molecule has 0 radical (unpaired) electrons. The van der Waals surface area contributed by atoms with Crippen LogP contribution in [0.2, 0.25) is 0 Å². The number of hydrogen-bond donors (Lipinski definition) is 1. The molecule has 6 nitrogen and oxygen atoms in total. The molecule has 0 bridgehead atoms. The molecule has 0 fully saturated rings. The summed E-state index contributed by atoms with van der Waals surface area (Å²) in [5, 5.41) is 6.70.